The van der Waals surface area contributed by atoms with Crippen LogP contribution >= 0.6 is 22.9 Å². The van der Waals surface area contributed by atoms with E-state index in [0.29, 0.717) is 15.5 Å². The predicted molar refractivity (Wildman–Crippen MR) is 79.1 cm³/mol. The van der Waals surface area contributed by atoms with E-state index in [1.54, 1.807) is 24.3 Å². The molecule has 0 aliphatic carbocycles. The van der Waals surface area contributed by atoms with E-state index in [9.17, 15) is 13.2 Å². The maximum absolute atomic E-state index is 12.1. The Hall–Kier alpha value is -1.37. The van der Waals surface area contributed by atoms with Crippen LogP contribution in [0.15, 0.2) is 36.4 Å². The van der Waals surface area contributed by atoms with Gasteiger partial charge in [0, 0.05) is 9.90 Å². The summed E-state index contributed by atoms with van der Waals surface area (Å²) in [5, 5.41) is 9.36. The molecule has 0 fully saturated rings. The van der Waals surface area contributed by atoms with Gasteiger partial charge in [-0.2, -0.15) is 0 Å². The SMILES string of the molecule is O=C(O)c1ccc(CS(=O)(=O)Cc2ccc(Cl)cc2)s1. The van der Waals surface area contributed by atoms with E-state index in [-0.39, 0.29) is 16.4 Å². The van der Waals surface area contributed by atoms with E-state index in [1.165, 1.54) is 12.1 Å². The minimum atomic E-state index is -3.34. The summed E-state index contributed by atoms with van der Waals surface area (Å²) in [4.78, 5) is 11.4. The number of hydrogen-bond donors (Lipinski definition) is 1. The van der Waals surface area contributed by atoms with Gasteiger partial charge in [0.25, 0.3) is 0 Å². The van der Waals surface area contributed by atoms with Crippen LogP contribution in [0.1, 0.15) is 20.1 Å². The van der Waals surface area contributed by atoms with Crippen molar-refractivity contribution in [2.24, 2.45) is 0 Å². The van der Waals surface area contributed by atoms with Gasteiger partial charge in [0.15, 0.2) is 9.84 Å². The van der Waals surface area contributed by atoms with E-state index < -0.39 is 15.8 Å². The second kappa shape index (κ2) is 5.95. The van der Waals surface area contributed by atoms with Crippen molar-refractivity contribution in [3.63, 3.8) is 0 Å². The van der Waals surface area contributed by atoms with E-state index >= 15 is 0 Å². The third kappa shape index (κ3) is 4.06. The highest BCUT2D eigenvalue weighted by atomic mass is 35.5. The summed E-state index contributed by atoms with van der Waals surface area (Å²) in [5.74, 6) is -1.30. The summed E-state index contributed by atoms with van der Waals surface area (Å²) in [7, 11) is -3.34. The number of rotatable bonds is 5. The zero-order chi connectivity index (χ0) is 14.8. The first-order valence-corrected chi connectivity index (χ1v) is 8.64. The maximum atomic E-state index is 12.1. The van der Waals surface area contributed by atoms with Gasteiger partial charge in [-0.25, -0.2) is 13.2 Å². The van der Waals surface area contributed by atoms with Crippen molar-refractivity contribution in [1.82, 2.24) is 0 Å². The molecule has 1 aromatic heterocycles. The molecule has 1 heterocycles. The molecular weight excluding hydrogens is 320 g/mol. The molecule has 0 saturated carbocycles. The fraction of sp³-hybridized carbons (Fsp3) is 0.154. The standard InChI is InChI=1S/C13H11ClO4S2/c14-10-3-1-9(2-4-10)7-20(17,18)8-11-5-6-12(19-11)13(15)16/h1-6H,7-8H2,(H,15,16). The first-order valence-electron chi connectivity index (χ1n) is 5.62. The van der Waals surface area contributed by atoms with E-state index in [1.807, 2.05) is 0 Å². The number of aromatic carboxylic acids is 1. The average Bonchev–Trinajstić information content (AvgIpc) is 2.79. The van der Waals surface area contributed by atoms with Crippen LogP contribution < -0.4 is 0 Å². The van der Waals surface area contributed by atoms with E-state index in [2.05, 4.69) is 0 Å². The smallest absolute Gasteiger partial charge is 0.345 e. The maximum Gasteiger partial charge on any atom is 0.345 e. The number of thiophene rings is 1. The van der Waals surface area contributed by atoms with Gasteiger partial charge in [-0.1, -0.05) is 23.7 Å². The van der Waals surface area contributed by atoms with Crippen molar-refractivity contribution in [2.45, 2.75) is 11.5 Å². The third-order valence-corrected chi connectivity index (χ3v) is 5.57. The van der Waals surface area contributed by atoms with Gasteiger partial charge in [-0.15, -0.1) is 11.3 Å². The monoisotopic (exact) mass is 330 g/mol. The number of benzene rings is 1. The molecule has 0 spiro atoms. The Kier molecular flexibility index (Phi) is 4.47. The molecule has 0 saturated heterocycles. The highest BCUT2D eigenvalue weighted by Gasteiger charge is 2.16. The van der Waals surface area contributed by atoms with Crippen LogP contribution in [0.5, 0.6) is 0 Å². The second-order valence-electron chi connectivity index (χ2n) is 4.23. The highest BCUT2D eigenvalue weighted by Crippen LogP contribution is 2.21. The molecule has 20 heavy (non-hydrogen) atoms. The Labute approximate surface area is 125 Å². The zero-order valence-electron chi connectivity index (χ0n) is 10.2. The van der Waals surface area contributed by atoms with Crippen molar-refractivity contribution in [2.75, 3.05) is 0 Å². The second-order valence-corrected chi connectivity index (χ2v) is 7.90. The number of halogens is 1. The molecule has 2 aromatic rings. The molecule has 7 heteroatoms. The number of carbonyl (C=O) groups is 1. The molecule has 0 amide bonds. The molecule has 0 unspecified atom stereocenters. The zero-order valence-corrected chi connectivity index (χ0v) is 12.6. The normalized spacial score (nSPS) is 11.4. The van der Waals surface area contributed by atoms with E-state index in [0.717, 1.165) is 11.3 Å². The number of sulfone groups is 1. The van der Waals surface area contributed by atoms with Crippen LogP contribution in [0.25, 0.3) is 0 Å². The molecule has 4 nitrogen and oxygen atoms in total. The summed E-state index contributed by atoms with van der Waals surface area (Å²) in [5.41, 5.74) is 0.657. The Morgan fingerprint density at radius 2 is 1.75 bits per heavy atom. The van der Waals surface area contributed by atoms with Crippen LogP contribution in [0, 0.1) is 0 Å². The van der Waals surface area contributed by atoms with Crippen molar-refractivity contribution in [3.8, 4) is 0 Å². The quantitative estimate of drug-likeness (QED) is 0.913. The highest BCUT2D eigenvalue weighted by molar-refractivity contribution is 7.90. The summed E-state index contributed by atoms with van der Waals surface area (Å²) < 4.78 is 24.1. The Balaban J connectivity index is 2.10. The number of hydrogen-bond acceptors (Lipinski definition) is 4. The lowest BCUT2D eigenvalue weighted by atomic mass is 10.2. The lowest BCUT2D eigenvalue weighted by Gasteiger charge is -2.03. The van der Waals surface area contributed by atoms with Gasteiger partial charge < -0.3 is 5.11 Å². The average molecular weight is 331 g/mol. The van der Waals surface area contributed by atoms with Gasteiger partial charge >= 0.3 is 5.97 Å². The molecule has 0 radical (unpaired) electrons. The fourth-order valence-electron chi connectivity index (χ4n) is 1.67. The van der Waals surface area contributed by atoms with Crippen molar-refractivity contribution >= 4 is 38.7 Å². The Bertz CT molecular complexity index is 717. The largest absolute Gasteiger partial charge is 0.477 e. The van der Waals surface area contributed by atoms with Gasteiger partial charge in [0.1, 0.15) is 4.88 Å². The summed E-state index contributed by atoms with van der Waals surface area (Å²) >= 11 is 6.72. The number of carboxylic acid groups (broad SMARTS) is 1. The van der Waals surface area contributed by atoms with Gasteiger partial charge in [0.2, 0.25) is 0 Å². The molecule has 0 atom stereocenters. The number of carboxylic acids is 1. The minimum absolute atomic E-state index is 0.0928. The topological polar surface area (TPSA) is 71.4 Å². The first kappa shape index (κ1) is 15.0. The van der Waals surface area contributed by atoms with Gasteiger partial charge in [0.05, 0.1) is 11.5 Å². The molecule has 0 aliphatic heterocycles. The van der Waals surface area contributed by atoms with Crippen molar-refractivity contribution < 1.29 is 18.3 Å². The fourth-order valence-corrected chi connectivity index (χ4v) is 4.55. The van der Waals surface area contributed by atoms with Crippen LogP contribution in [-0.2, 0) is 21.3 Å². The minimum Gasteiger partial charge on any atom is -0.477 e. The van der Waals surface area contributed by atoms with Crippen molar-refractivity contribution in [1.29, 1.82) is 0 Å². The lowest BCUT2D eigenvalue weighted by Crippen LogP contribution is -2.06. The van der Waals surface area contributed by atoms with Gasteiger partial charge in [-0.05, 0) is 29.8 Å². The molecule has 0 bridgehead atoms. The molecule has 2 rings (SSSR count). The summed E-state index contributed by atoms with van der Waals surface area (Å²) in [6.07, 6.45) is 0. The first-order chi connectivity index (χ1) is 9.35. The molecular formula is C13H11ClO4S2. The Morgan fingerprint density at radius 1 is 1.10 bits per heavy atom. The predicted octanol–water partition coefficient (Wildman–Crippen LogP) is 3.21. The third-order valence-electron chi connectivity index (χ3n) is 2.53. The molecule has 1 aromatic carbocycles. The van der Waals surface area contributed by atoms with E-state index in [4.69, 9.17) is 16.7 Å². The van der Waals surface area contributed by atoms with Crippen LogP contribution in [0.4, 0.5) is 0 Å². The van der Waals surface area contributed by atoms with Gasteiger partial charge in [-0.3, -0.25) is 0 Å². The van der Waals surface area contributed by atoms with Crippen molar-refractivity contribution in [3.05, 3.63) is 56.7 Å². The lowest BCUT2D eigenvalue weighted by molar-refractivity contribution is 0.0702. The Morgan fingerprint density at radius 3 is 2.30 bits per heavy atom. The van der Waals surface area contributed by atoms with Crippen LogP contribution in [-0.4, -0.2) is 19.5 Å². The summed E-state index contributed by atoms with van der Waals surface area (Å²) in [6.45, 7) is 0. The molecule has 0 aliphatic rings. The van der Waals surface area contributed by atoms with Crippen LogP contribution in [0.3, 0.4) is 0 Å². The summed E-state index contributed by atoms with van der Waals surface area (Å²) in [6, 6.07) is 9.56. The molecule has 106 valence electrons. The molecule has 1 N–H and O–H groups in total. The van der Waals surface area contributed by atoms with Crippen LogP contribution in [0.2, 0.25) is 5.02 Å².